The van der Waals surface area contributed by atoms with Crippen LogP contribution in [0.15, 0.2) is 67.3 Å². The summed E-state index contributed by atoms with van der Waals surface area (Å²) in [4.78, 5) is 42.5. The van der Waals surface area contributed by atoms with Gasteiger partial charge in [-0.25, -0.2) is 4.98 Å². The molecule has 1 aliphatic rings. The van der Waals surface area contributed by atoms with E-state index in [1.165, 1.54) is 19.1 Å². The summed E-state index contributed by atoms with van der Waals surface area (Å²) in [6.07, 6.45) is 6.93. The molecule has 2 aromatic carbocycles. The number of halogens is 1. The third-order valence-corrected chi connectivity index (χ3v) is 7.08. The molecule has 0 saturated carbocycles. The quantitative estimate of drug-likeness (QED) is 0.278. The third kappa shape index (κ3) is 5.03. The van der Waals surface area contributed by atoms with Gasteiger partial charge in [0, 0.05) is 41.6 Å². The predicted molar refractivity (Wildman–Crippen MR) is 140 cm³/mol. The van der Waals surface area contributed by atoms with Crippen LogP contribution in [-0.2, 0) is 0 Å². The van der Waals surface area contributed by atoms with Crippen molar-refractivity contribution in [3.63, 3.8) is 0 Å². The number of carbonyl (C=O) groups is 2. The van der Waals surface area contributed by atoms with E-state index in [4.69, 9.17) is 11.6 Å². The van der Waals surface area contributed by atoms with E-state index in [1.54, 1.807) is 12.5 Å². The second kappa shape index (κ2) is 10.0. The summed E-state index contributed by atoms with van der Waals surface area (Å²) < 4.78 is 1.84. The van der Waals surface area contributed by atoms with Crippen molar-refractivity contribution >= 4 is 40.3 Å². The molecule has 0 atom stereocenters. The summed E-state index contributed by atoms with van der Waals surface area (Å²) in [5, 5.41) is 14.2. The molecule has 2 aromatic heterocycles. The number of likely N-dealkylation sites (tertiary alicyclic amines) is 1. The molecule has 5 rings (SSSR count). The fourth-order valence-electron chi connectivity index (χ4n) is 4.77. The molecule has 0 radical (unpaired) electrons. The lowest BCUT2D eigenvalue weighted by Gasteiger charge is -2.32. The monoisotopic (exact) mass is 517 g/mol. The molecular formula is C27H24ClN5O4. The number of aromatic nitrogens is 2. The smallest absolute Gasteiger partial charge is 0.274 e. The Morgan fingerprint density at radius 2 is 1.84 bits per heavy atom. The molecule has 188 valence electrons. The first-order valence-electron chi connectivity index (χ1n) is 11.9. The Balaban J connectivity index is 1.21. The molecule has 2 amide bonds. The molecule has 4 aromatic rings. The van der Waals surface area contributed by atoms with E-state index in [1.807, 2.05) is 51.9 Å². The molecule has 1 aliphatic heterocycles. The minimum atomic E-state index is -0.552. The minimum Gasteiger partial charge on any atom is -0.339 e. The van der Waals surface area contributed by atoms with Crippen LogP contribution in [0.4, 0.5) is 11.4 Å². The number of piperidine rings is 1. The molecule has 1 saturated heterocycles. The lowest BCUT2D eigenvalue weighted by Crippen LogP contribution is -2.38. The van der Waals surface area contributed by atoms with E-state index in [9.17, 15) is 19.7 Å². The Kier molecular flexibility index (Phi) is 6.62. The van der Waals surface area contributed by atoms with Gasteiger partial charge in [-0.3, -0.25) is 19.7 Å². The van der Waals surface area contributed by atoms with Crippen LogP contribution in [0.5, 0.6) is 0 Å². The lowest BCUT2D eigenvalue weighted by atomic mass is 9.89. The molecular weight excluding hydrogens is 494 g/mol. The topological polar surface area (TPSA) is 110 Å². The van der Waals surface area contributed by atoms with E-state index in [-0.39, 0.29) is 27.7 Å². The highest BCUT2D eigenvalue weighted by molar-refractivity contribution is 6.31. The number of anilines is 1. The highest BCUT2D eigenvalue weighted by atomic mass is 35.5. The Morgan fingerprint density at radius 3 is 2.54 bits per heavy atom. The van der Waals surface area contributed by atoms with Gasteiger partial charge >= 0.3 is 0 Å². The van der Waals surface area contributed by atoms with Crippen molar-refractivity contribution < 1.29 is 14.5 Å². The summed E-state index contributed by atoms with van der Waals surface area (Å²) >= 11 is 5.99. The zero-order valence-electron chi connectivity index (χ0n) is 20.1. The first kappa shape index (κ1) is 24.5. The number of hydrogen-bond donors (Lipinski definition) is 1. The van der Waals surface area contributed by atoms with E-state index < -0.39 is 10.8 Å². The van der Waals surface area contributed by atoms with Crippen LogP contribution in [0.25, 0.3) is 5.52 Å². The van der Waals surface area contributed by atoms with Gasteiger partial charge in [-0.15, -0.1) is 0 Å². The summed E-state index contributed by atoms with van der Waals surface area (Å²) in [6, 6.07) is 14.0. The lowest BCUT2D eigenvalue weighted by molar-refractivity contribution is -0.385. The number of pyridine rings is 1. The average molecular weight is 518 g/mol. The Morgan fingerprint density at radius 1 is 1.11 bits per heavy atom. The number of fused-ring (bicyclic) bond motifs is 1. The molecule has 0 bridgehead atoms. The predicted octanol–water partition coefficient (Wildman–Crippen LogP) is 5.48. The van der Waals surface area contributed by atoms with Crippen molar-refractivity contribution in [3.8, 4) is 0 Å². The molecule has 37 heavy (non-hydrogen) atoms. The number of nitro benzene ring substituents is 1. The second-order valence-electron chi connectivity index (χ2n) is 9.14. The Hall–Kier alpha value is -4.24. The van der Waals surface area contributed by atoms with Gasteiger partial charge in [0.15, 0.2) is 0 Å². The fourth-order valence-corrected chi connectivity index (χ4v) is 4.98. The summed E-state index contributed by atoms with van der Waals surface area (Å²) in [6.45, 7) is 2.85. The van der Waals surface area contributed by atoms with Crippen LogP contribution in [0, 0.1) is 17.0 Å². The van der Waals surface area contributed by atoms with Gasteiger partial charge in [0.2, 0.25) is 0 Å². The molecule has 1 fully saturated rings. The molecule has 10 heteroatoms. The van der Waals surface area contributed by atoms with Gasteiger partial charge in [-0.2, -0.15) is 0 Å². The summed E-state index contributed by atoms with van der Waals surface area (Å²) in [7, 11) is 0. The number of nitrogens with zero attached hydrogens (tertiary/aromatic N) is 4. The maximum atomic E-state index is 13.0. The number of benzene rings is 2. The maximum absolute atomic E-state index is 13.0. The number of rotatable bonds is 5. The van der Waals surface area contributed by atoms with Crippen LogP contribution >= 0.6 is 11.6 Å². The number of nitrogens with one attached hydrogen (secondary N) is 1. The Bertz CT molecular complexity index is 1510. The molecule has 0 unspecified atom stereocenters. The number of imidazole rings is 1. The van der Waals surface area contributed by atoms with Crippen molar-refractivity contribution in [1.29, 1.82) is 0 Å². The largest absolute Gasteiger partial charge is 0.339 e. The van der Waals surface area contributed by atoms with Gasteiger partial charge in [0.25, 0.3) is 17.5 Å². The van der Waals surface area contributed by atoms with Gasteiger partial charge < -0.3 is 14.6 Å². The highest BCUT2D eigenvalue weighted by Gasteiger charge is 2.25. The van der Waals surface area contributed by atoms with Crippen LogP contribution < -0.4 is 5.32 Å². The SMILES string of the molecule is Cc1c(C(=O)Nc2ccc(C3CCN(C(=O)c4ccc5cncn5c4)CC3)cc2)cc(Cl)cc1[N+](=O)[O-]. The standard InChI is InChI=1S/C27H24ClN5O4/c1-17-24(12-21(28)13-25(17)33(36)37)26(34)30-22-5-2-18(3-6-22)19-8-10-31(11-9-19)27(35)20-4-7-23-14-29-16-32(23)15-20/h2-7,12-16,19H,8-11H2,1H3,(H,30,34). The number of hydrogen-bond acceptors (Lipinski definition) is 5. The van der Waals surface area contributed by atoms with Crippen molar-refractivity contribution in [3.05, 3.63) is 105 Å². The van der Waals surface area contributed by atoms with Crippen molar-refractivity contribution in [2.45, 2.75) is 25.7 Å². The molecule has 1 N–H and O–H groups in total. The van der Waals surface area contributed by atoms with Crippen molar-refractivity contribution in [2.75, 3.05) is 18.4 Å². The van der Waals surface area contributed by atoms with Crippen molar-refractivity contribution in [2.24, 2.45) is 0 Å². The normalized spacial score (nSPS) is 14.1. The first-order chi connectivity index (χ1) is 17.8. The number of carbonyl (C=O) groups excluding carboxylic acids is 2. The highest BCUT2D eigenvalue weighted by Crippen LogP contribution is 2.30. The van der Waals surface area contributed by atoms with E-state index >= 15 is 0 Å². The van der Waals surface area contributed by atoms with E-state index in [2.05, 4.69) is 10.3 Å². The van der Waals surface area contributed by atoms with Gasteiger partial charge in [0.1, 0.15) is 0 Å². The van der Waals surface area contributed by atoms with Gasteiger partial charge in [-0.1, -0.05) is 23.7 Å². The van der Waals surface area contributed by atoms with Crippen LogP contribution in [0.1, 0.15) is 50.6 Å². The molecule has 3 heterocycles. The fraction of sp³-hybridized carbons (Fsp3) is 0.222. The van der Waals surface area contributed by atoms with E-state index in [0.29, 0.717) is 30.3 Å². The molecule has 0 spiro atoms. The Labute approximate surface area is 217 Å². The first-order valence-corrected chi connectivity index (χ1v) is 12.2. The average Bonchev–Trinajstić information content (AvgIpc) is 3.38. The summed E-state index contributed by atoms with van der Waals surface area (Å²) in [5.41, 5.74) is 3.53. The van der Waals surface area contributed by atoms with Crippen molar-refractivity contribution in [1.82, 2.24) is 14.3 Å². The van der Waals surface area contributed by atoms with Crippen LogP contribution in [0.3, 0.4) is 0 Å². The third-order valence-electron chi connectivity index (χ3n) is 6.86. The van der Waals surface area contributed by atoms with E-state index in [0.717, 1.165) is 23.9 Å². The van der Waals surface area contributed by atoms with Crippen LogP contribution in [-0.4, -0.2) is 44.1 Å². The van der Waals surface area contributed by atoms with Crippen LogP contribution in [0.2, 0.25) is 5.02 Å². The number of amides is 2. The second-order valence-corrected chi connectivity index (χ2v) is 9.58. The van der Waals surface area contributed by atoms with Gasteiger partial charge in [-0.05, 0) is 61.6 Å². The summed E-state index contributed by atoms with van der Waals surface area (Å²) in [5.74, 6) is -0.136. The zero-order chi connectivity index (χ0) is 26.1. The van der Waals surface area contributed by atoms with Gasteiger partial charge in [0.05, 0.1) is 34.1 Å². The molecule has 9 nitrogen and oxygen atoms in total. The molecule has 0 aliphatic carbocycles. The zero-order valence-corrected chi connectivity index (χ0v) is 20.8. The maximum Gasteiger partial charge on any atom is 0.274 e. The minimum absolute atomic E-state index is 0.0173. The number of nitro groups is 1.